The molecule has 4 heteroatoms. The molecule has 0 saturated heterocycles. The van der Waals surface area contributed by atoms with Crippen LogP contribution in [0, 0.1) is 0 Å². The lowest BCUT2D eigenvalue weighted by Crippen LogP contribution is -2.31. The van der Waals surface area contributed by atoms with Crippen molar-refractivity contribution in [2.75, 3.05) is 13.2 Å². The van der Waals surface area contributed by atoms with E-state index < -0.39 is 0 Å². The second kappa shape index (κ2) is 6.01. The number of fused-ring (bicyclic) bond motifs is 1. The van der Waals surface area contributed by atoms with E-state index in [2.05, 4.69) is 27.0 Å². The molecule has 0 amide bonds. The smallest absolute Gasteiger partial charge is 0.119 e. The Hall–Kier alpha value is -1.94. The summed E-state index contributed by atoms with van der Waals surface area (Å²) in [5, 5.41) is 0. The Kier molecular flexibility index (Phi) is 3.92. The Morgan fingerprint density at radius 2 is 1.85 bits per heavy atom. The van der Waals surface area contributed by atoms with Crippen molar-refractivity contribution < 1.29 is 4.74 Å². The van der Waals surface area contributed by atoms with E-state index in [0.29, 0.717) is 6.61 Å². The number of hydrogen-bond donors (Lipinski definition) is 0. The molecule has 1 aliphatic heterocycles. The first-order valence-corrected chi connectivity index (χ1v) is 7.08. The molecule has 0 atom stereocenters. The predicted octanol–water partition coefficient (Wildman–Crippen LogP) is 2.43. The molecule has 1 aromatic heterocycles. The average Bonchev–Trinajstić information content (AvgIpc) is 2.49. The number of hydrogen-bond acceptors (Lipinski definition) is 4. The van der Waals surface area contributed by atoms with Gasteiger partial charge in [-0.3, -0.25) is 14.9 Å². The molecule has 0 unspecified atom stereocenters. The second-order valence-corrected chi connectivity index (χ2v) is 4.99. The van der Waals surface area contributed by atoms with Crippen LogP contribution in [0.15, 0.2) is 36.7 Å². The maximum absolute atomic E-state index is 5.47. The van der Waals surface area contributed by atoms with Crippen LogP contribution in [0.4, 0.5) is 0 Å². The zero-order valence-electron chi connectivity index (χ0n) is 11.7. The molecule has 2 aromatic rings. The minimum Gasteiger partial charge on any atom is -0.494 e. The number of rotatable bonds is 4. The predicted molar refractivity (Wildman–Crippen MR) is 77.5 cm³/mol. The van der Waals surface area contributed by atoms with E-state index >= 15 is 0 Å². The Balaban J connectivity index is 1.64. The van der Waals surface area contributed by atoms with Gasteiger partial charge >= 0.3 is 0 Å². The van der Waals surface area contributed by atoms with Crippen molar-refractivity contribution in [1.29, 1.82) is 0 Å². The van der Waals surface area contributed by atoms with Crippen molar-refractivity contribution in [2.24, 2.45) is 0 Å². The molecule has 1 aliphatic rings. The molecule has 0 bridgehead atoms. The first-order chi connectivity index (χ1) is 9.85. The summed E-state index contributed by atoms with van der Waals surface area (Å²) in [4.78, 5) is 11.2. The number of ether oxygens (including phenoxy) is 1. The Labute approximate surface area is 119 Å². The van der Waals surface area contributed by atoms with Gasteiger partial charge in [-0.25, -0.2) is 0 Å². The second-order valence-electron chi connectivity index (χ2n) is 4.99. The summed E-state index contributed by atoms with van der Waals surface area (Å²) in [5.41, 5.74) is 3.57. The highest BCUT2D eigenvalue weighted by Crippen LogP contribution is 2.18. The van der Waals surface area contributed by atoms with Gasteiger partial charge in [0.1, 0.15) is 5.75 Å². The fourth-order valence-electron chi connectivity index (χ4n) is 2.54. The molecule has 2 heterocycles. The molecular weight excluding hydrogens is 250 g/mol. The van der Waals surface area contributed by atoms with Gasteiger partial charge in [-0.15, -0.1) is 0 Å². The van der Waals surface area contributed by atoms with Crippen molar-refractivity contribution in [3.8, 4) is 5.75 Å². The SMILES string of the molecule is CCOc1ccc(CN2CCc3nccnc3C2)cc1. The normalized spacial score (nSPS) is 14.8. The minimum absolute atomic E-state index is 0.709. The first kappa shape index (κ1) is 13.1. The highest BCUT2D eigenvalue weighted by molar-refractivity contribution is 5.27. The van der Waals surface area contributed by atoms with Gasteiger partial charge in [-0.2, -0.15) is 0 Å². The van der Waals surface area contributed by atoms with Gasteiger partial charge < -0.3 is 4.74 Å². The lowest BCUT2D eigenvalue weighted by atomic mass is 10.1. The maximum atomic E-state index is 5.47. The summed E-state index contributed by atoms with van der Waals surface area (Å²) in [7, 11) is 0. The fourth-order valence-corrected chi connectivity index (χ4v) is 2.54. The van der Waals surface area contributed by atoms with Gasteiger partial charge in [0.25, 0.3) is 0 Å². The summed E-state index contributed by atoms with van der Waals surface area (Å²) < 4.78 is 5.47. The van der Waals surface area contributed by atoms with E-state index in [1.807, 2.05) is 19.1 Å². The van der Waals surface area contributed by atoms with E-state index in [9.17, 15) is 0 Å². The van der Waals surface area contributed by atoms with E-state index in [1.54, 1.807) is 12.4 Å². The molecule has 0 spiro atoms. The molecule has 104 valence electrons. The van der Waals surface area contributed by atoms with E-state index in [4.69, 9.17) is 4.74 Å². The quantitative estimate of drug-likeness (QED) is 0.854. The summed E-state index contributed by atoms with van der Waals surface area (Å²) >= 11 is 0. The third kappa shape index (κ3) is 2.96. The van der Waals surface area contributed by atoms with Crippen molar-refractivity contribution in [1.82, 2.24) is 14.9 Å². The Morgan fingerprint density at radius 3 is 2.60 bits per heavy atom. The molecule has 20 heavy (non-hydrogen) atoms. The first-order valence-electron chi connectivity index (χ1n) is 7.08. The van der Waals surface area contributed by atoms with Gasteiger partial charge in [-0.1, -0.05) is 12.1 Å². The van der Waals surface area contributed by atoms with Crippen LogP contribution in [0.5, 0.6) is 5.75 Å². The molecule has 1 aromatic carbocycles. The van der Waals surface area contributed by atoms with Gasteiger partial charge in [0, 0.05) is 38.4 Å². The average molecular weight is 269 g/mol. The molecule has 4 nitrogen and oxygen atoms in total. The van der Waals surface area contributed by atoms with Crippen molar-refractivity contribution in [3.63, 3.8) is 0 Å². The molecule has 0 saturated carbocycles. The zero-order valence-corrected chi connectivity index (χ0v) is 11.7. The largest absolute Gasteiger partial charge is 0.494 e. The third-order valence-electron chi connectivity index (χ3n) is 3.54. The highest BCUT2D eigenvalue weighted by atomic mass is 16.5. The monoisotopic (exact) mass is 269 g/mol. The van der Waals surface area contributed by atoms with Gasteiger partial charge in [0.05, 0.1) is 18.0 Å². The Bertz CT molecular complexity index is 568. The topological polar surface area (TPSA) is 38.2 Å². The van der Waals surface area contributed by atoms with Crippen LogP contribution in [0.3, 0.4) is 0 Å². The van der Waals surface area contributed by atoms with Crippen molar-refractivity contribution in [2.45, 2.75) is 26.4 Å². The summed E-state index contributed by atoms with van der Waals surface area (Å²) in [6.07, 6.45) is 4.54. The number of benzene rings is 1. The van der Waals surface area contributed by atoms with E-state index in [1.165, 1.54) is 5.56 Å². The highest BCUT2D eigenvalue weighted by Gasteiger charge is 2.17. The van der Waals surface area contributed by atoms with Crippen LogP contribution < -0.4 is 4.74 Å². The van der Waals surface area contributed by atoms with Gasteiger partial charge in [0.15, 0.2) is 0 Å². The molecular formula is C16H19N3O. The number of aromatic nitrogens is 2. The maximum Gasteiger partial charge on any atom is 0.119 e. The molecule has 0 aliphatic carbocycles. The lowest BCUT2D eigenvalue weighted by Gasteiger charge is -2.27. The van der Waals surface area contributed by atoms with E-state index in [0.717, 1.165) is 43.2 Å². The van der Waals surface area contributed by atoms with Gasteiger partial charge in [-0.05, 0) is 24.6 Å². The van der Waals surface area contributed by atoms with Gasteiger partial charge in [0.2, 0.25) is 0 Å². The standard InChI is InChI=1S/C16H19N3O/c1-2-20-14-5-3-13(4-6-14)11-19-10-7-15-16(12-19)18-9-8-17-15/h3-6,8-9H,2,7,10-12H2,1H3. The van der Waals surface area contributed by atoms with Crippen molar-refractivity contribution >= 4 is 0 Å². The van der Waals surface area contributed by atoms with Crippen LogP contribution in [0.25, 0.3) is 0 Å². The Morgan fingerprint density at radius 1 is 1.10 bits per heavy atom. The van der Waals surface area contributed by atoms with Crippen LogP contribution in [-0.4, -0.2) is 28.0 Å². The third-order valence-corrected chi connectivity index (χ3v) is 3.54. The van der Waals surface area contributed by atoms with Crippen LogP contribution >= 0.6 is 0 Å². The van der Waals surface area contributed by atoms with E-state index in [-0.39, 0.29) is 0 Å². The van der Waals surface area contributed by atoms with Crippen LogP contribution in [0.2, 0.25) is 0 Å². The summed E-state index contributed by atoms with van der Waals surface area (Å²) in [6, 6.07) is 8.35. The zero-order chi connectivity index (χ0) is 13.8. The minimum atomic E-state index is 0.709. The van der Waals surface area contributed by atoms with Crippen molar-refractivity contribution in [3.05, 3.63) is 53.6 Å². The lowest BCUT2D eigenvalue weighted by molar-refractivity contribution is 0.239. The molecule has 0 fully saturated rings. The van der Waals surface area contributed by atoms with Crippen LogP contribution in [0.1, 0.15) is 23.9 Å². The molecule has 3 rings (SSSR count). The fraction of sp³-hybridized carbons (Fsp3) is 0.375. The summed E-state index contributed by atoms with van der Waals surface area (Å²) in [5.74, 6) is 0.936. The number of nitrogens with zero attached hydrogens (tertiary/aromatic N) is 3. The molecule has 0 N–H and O–H groups in total. The summed E-state index contributed by atoms with van der Waals surface area (Å²) in [6.45, 7) is 5.58. The van der Waals surface area contributed by atoms with Crippen LogP contribution in [-0.2, 0) is 19.5 Å². The molecule has 0 radical (unpaired) electrons.